The summed E-state index contributed by atoms with van der Waals surface area (Å²) in [5, 5.41) is 11.1. The molecule has 0 spiro atoms. The number of carbonyl (C=O) groups excluding carboxylic acids is 2. The van der Waals surface area contributed by atoms with E-state index in [2.05, 4.69) is 4.98 Å². The third-order valence-electron chi connectivity index (χ3n) is 5.41. The van der Waals surface area contributed by atoms with Crippen LogP contribution in [0.4, 0.5) is 0 Å². The molecule has 2 heterocycles. The highest BCUT2D eigenvalue weighted by molar-refractivity contribution is 6.46. The molecule has 0 radical (unpaired) electrons. The summed E-state index contributed by atoms with van der Waals surface area (Å²) < 4.78 is 10.4. The minimum absolute atomic E-state index is 0.0363. The summed E-state index contributed by atoms with van der Waals surface area (Å²) in [4.78, 5) is 31.7. The summed E-state index contributed by atoms with van der Waals surface area (Å²) >= 11 is 0. The normalized spacial score (nSPS) is 17.4. The predicted molar refractivity (Wildman–Crippen MR) is 118 cm³/mol. The number of hydrogen-bond donors (Lipinski definition) is 1. The molecule has 3 aromatic rings. The molecule has 2 aromatic carbocycles. The number of nitrogens with zero attached hydrogens (tertiary/aromatic N) is 2. The first-order chi connectivity index (χ1) is 15.5. The molecule has 7 nitrogen and oxygen atoms in total. The van der Waals surface area contributed by atoms with Crippen LogP contribution in [0.25, 0.3) is 5.76 Å². The van der Waals surface area contributed by atoms with Crippen molar-refractivity contribution >= 4 is 17.4 Å². The van der Waals surface area contributed by atoms with Crippen LogP contribution in [-0.2, 0) is 16.1 Å². The molecule has 7 heteroatoms. The lowest BCUT2D eigenvalue weighted by Gasteiger charge is -2.25. The van der Waals surface area contributed by atoms with Gasteiger partial charge in [-0.2, -0.15) is 0 Å². The topological polar surface area (TPSA) is 89.0 Å². The fourth-order valence-electron chi connectivity index (χ4n) is 3.77. The van der Waals surface area contributed by atoms with Gasteiger partial charge in [0.2, 0.25) is 0 Å². The number of likely N-dealkylation sites (tertiary alicyclic amines) is 1. The molecule has 4 rings (SSSR count). The van der Waals surface area contributed by atoms with Gasteiger partial charge in [-0.05, 0) is 53.6 Å². The van der Waals surface area contributed by atoms with Crippen molar-refractivity contribution in [1.82, 2.24) is 9.88 Å². The lowest BCUT2D eigenvalue weighted by molar-refractivity contribution is -0.140. The Bertz CT molecular complexity index is 1160. The maximum absolute atomic E-state index is 13.1. The van der Waals surface area contributed by atoms with Gasteiger partial charge in [0.1, 0.15) is 17.3 Å². The van der Waals surface area contributed by atoms with Crippen molar-refractivity contribution in [3.8, 4) is 11.5 Å². The van der Waals surface area contributed by atoms with Crippen LogP contribution in [0.3, 0.4) is 0 Å². The van der Waals surface area contributed by atoms with E-state index >= 15 is 0 Å². The Morgan fingerprint density at radius 1 is 0.969 bits per heavy atom. The van der Waals surface area contributed by atoms with E-state index < -0.39 is 17.7 Å². The number of aliphatic hydroxyl groups excluding tert-OH is 1. The molecular weight excluding hydrogens is 408 g/mol. The summed E-state index contributed by atoms with van der Waals surface area (Å²) in [6, 6.07) is 16.6. The quantitative estimate of drug-likeness (QED) is 0.364. The van der Waals surface area contributed by atoms with E-state index in [1.807, 2.05) is 6.07 Å². The molecule has 1 fully saturated rings. The van der Waals surface area contributed by atoms with Crippen LogP contribution < -0.4 is 9.47 Å². The van der Waals surface area contributed by atoms with Gasteiger partial charge in [0, 0.05) is 24.5 Å². The second kappa shape index (κ2) is 8.93. The van der Waals surface area contributed by atoms with Crippen molar-refractivity contribution in [1.29, 1.82) is 0 Å². The van der Waals surface area contributed by atoms with Crippen molar-refractivity contribution in [3.63, 3.8) is 0 Å². The molecule has 1 aromatic heterocycles. The summed E-state index contributed by atoms with van der Waals surface area (Å²) in [7, 11) is 3.11. The zero-order valence-electron chi connectivity index (χ0n) is 17.7. The van der Waals surface area contributed by atoms with Gasteiger partial charge >= 0.3 is 0 Å². The van der Waals surface area contributed by atoms with Crippen molar-refractivity contribution in [2.75, 3.05) is 14.2 Å². The summed E-state index contributed by atoms with van der Waals surface area (Å²) in [5.74, 6) is -0.383. The fourth-order valence-corrected chi connectivity index (χ4v) is 3.77. The van der Waals surface area contributed by atoms with Crippen molar-refractivity contribution in [2.24, 2.45) is 0 Å². The molecule has 1 aliphatic rings. The van der Waals surface area contributed by atoms with Gasteiger partial charge in [-0.3, -0.25) is 14.6 Å². The number of aliphatic hydroxyl groups is 1. The van der Waals surface area contributed by atoms with E-state index in [0.29, 0.717) is 22.6 Å². The number of methoxy groups -OCH3 is 2. The second-order valence-corrected chi connectivity index (χ2v) is 7.29. The maximum Gasteiger partial charge on any atom is 0.295 e. The molecule has 0 aliphatic carbocycles. The fraction of sp³-hybridized carbons (Fsp3) is 0.160. The number of aromatic nitrogens is 1. The van der Waals surface area contributed by atoms with Gasteiger partial charge in [-0.15, -0.1) is 0 Å². The van der Waals surface area contributed by atoms with Crippen molar-refractivity contribution in [3.05, 3.63) is 95.3 Å². The predicted octanol–water partition coefficient (Wildman–Crippen LogP) is 3.72. The minimum atomic E-state index is -0.761. The average molecular weight is 430 g/mol. The molecule has 1 aliphatic heterocycles. The third kappa shape index (κ3) is 3.92. The Kier molecular flexibility index (Phi) is 5.89. The number of amides is 1. The van der Waals surface area contributed by atoms with Crippen LogP contribution in [0.5, 0.6) is 11.5 Å². The van der Waals surface area contributed by atoms with E-state index in [-0.39, 0.29) is 17.9 Å². The van der Waals surface area contributed by atoms with Crippen LogP contribution in [0.1, 0.15) is 22.7 Å². The zero-order chi connectivity index (χ0) is 22.7. The highest BCUT2D eigenvalue weighted by Gasteiger charge is 2.46. The molecule has 32 heavy (non-hydrogen) atoms. The van der Waals surface area contributed by atoms with Crippen LogP contribution in [0.15, 0.2) is 78.6 Å². The van der Waals surface area contributed by atoms with E-state index in [1.54, 1.807) is 81.2 Å². The monoisotopic (exact) mass is 430 g/mol. The van der Waals surface area contributed by atoms with Crippen molar-refractivity contribution < 1.29 is 24.2 Å². The number of carbonyl (C=O) groups is 2. The number of ether oxygens (including phenoxy) is 2. The van der Waals surface area contributed by atoms with Gasteiger partial charge in [-0.1, -0.05) is 18.2 Å². The zero-order valence-corrected chi connectivity index (χ0v) is 17.7. The molecule has 0 unspecified atom stereocenters. The van der Waals surface area contributed by atoms with Crippen LogP contribution in [-0.4, -0.2) is 40.9 Å². The number of Topliss-reactive ketones (excluding diaryl/α,β-unsaturated/α-hetero) is 1. The standard InChI is InChI=1S/C25H22N2O5/c1-31-19-9-5-17(6-10-19)22-21(23(28)18-7-11-20(32-2)12-8-18)24(29)25(30)27(22)15-16-4-3-13-26-14-16/h3-14,22,28H,15H2,1-2H3/t22-/m1/s1. The summed E-state index contributed by atoms with van der Waals surface area (Å²) in [6.07, 6.45) is 3.29. The Morgan fingerprint density at radius 3 is 2.16 bits per heavy atom. The first-order valence-corrected chi connectivity index (χ1v) is 9.99. The van der Waals surface area contributed by atoms with Gasteiger partial charge in [0.25, 0.3) is 11.7 Å². The number of ketones is 1. The highest BCUT2D eigenvalue weighted by Crippen LogP contribution is 2.40. The third-order valence-corrected chi connectivity index (χ3v) is 5.41. The largest absolute Gasteiger partial charge is 0.507 e. The Hall–Kier alpha value is -4.13. The lowest BCUT2D eigenvalue weighted by atomic mass is 9.95. The molecule has 162 valence electrons. The number of pyridine rings is 1. The van der Waals surface area contributed by atoms with E-state index in [0.717, 1.165) is 5.56 Å². The Balaban J connectivity index is 1.83. The van der Waals surface area contributed by atoms with Gasteiger partial charge in [0.05, 0.1) is 25.8 Å². The molecule has 1 saturated heterocycles. The van der Waals surface area contributed by atoms with Crippen molar-refractivity contribution in [2.45, 2.75) is 12.6 Å². The molecular formula is C25H22N2O5. The number of rotatable bonds is 6. The Morgan fingerprint density at radius 2 is 1.59 bits per heavy atom. The highest BCUT2D eigenvalue weighted by atomic mass is 16.5. The molecule has 0 bridgehead atoms. The number of hydrogen-bond acceptors (Lipinski definition) is 6. The van der Waals surface area contributed by atoms with Crippen LogP contribution in [0.2, 0.25) is 0 Å². The number of benzene rings is 2. The summed E-state index contributed by atoms with van der Waals surface area (Å²) in [5.41, 5.74) is 1.92. The van der Waals surface area contributed by atoms with E-state index in [1.165, 1.54) is 4.90 Å². The smallest absolute Gasteiger partial charge is 0.295 e. The van der Waals surface area contributed by atoms with E-state index in [9.17, 15) is 14.7 Å². The maximum atomic E-state index is 13.1. The van der Waals surface area contributed by atoms with Gasteiger partial charge < -0.3 is 19.5 Å². The first kappa shape index (κ1) is 21.1. The first-order valence-electron chi connectivity index (χ1n) is 9.99. The van der Waals surface area contributed by atoms with Crippen LogP contribution in [0, 0.1) is 0 Å². The van der Waals surface area contributed by atoms with Gasteiger partial charge in [-0.25, -0.2) is 0 Å². The Labute approximate surface area is 185 Å². The van der Waals surface area contributed by atoms with Gasteiger partial charge in [0.15, 0.2) is 0 Å². The SMILES string of the molecule is COc1ccc(C(O)=C2C(=O)C(=O)N(Cc3cccnc3)[C@@H]2c2ccc(OC)cc2)cc1. The van der Waals surface area contributed by atoms with Crippen LogP contribution >= 0.6 is 0 Å². The summed E-state index contributed by atoms with van der Waals surface area (Å²) in [6.45, 7) is 0.175. The lowest BCUT2D eigenvalue weighted by Crippen LogP contribution is -2.29. The average Bonchev–Trinajstić information content (AvgIpc) is 3.09. The molecule has 1 amide bonds. The molecule has 0 saturated carbocycles. The molecule has 1 atom stereocenters. The van der Waals surface area contributed by atoms with E-state index in [4.69, 9.17) is 9.47 Å². The second-order valence-electron chi connectivity index (χ2n) is 7.29. The molecule has 1 N–H and O–H groups in total. The minimum Gasteiger partial charge on any atom is -0.507 e.